The molecule has 0 aliphatic rings. The van der Waals surface area contributed by atoms with E-state index in [1.807, 2.05) is 30.3 Å². The smallest absolute Gasteiger partial charge is 0.335 e. The number of ether oxygens (including phenoxy) is 1. The van der Waals surface area contributed by atoms with E-state index in [4.69, 9.17) is 9.72 Å². The molecule has 0 atom stereocenters. The second-order valence-electron chi connectivity index (χ2n) is 6.35. The molecule has 2 heterocycles. The lowest BCUT2D eigenvalue weighted by Gasteiger charge is -2.13. The highest BCUT2D eigenvalue weighted by atomic mass is 16.5. The zero-order valence-corrected chi connectivity index (χ0v) is 15.9. The number of carboxylic acid groups (broad SMARTS) is 1. The van der Waals surface area contributed by atoms with Crippen molar-refractivity contribution in [1.82, 2.24) is 15.0 Å². The van der Waals surface area contributed by atoms with Gasteiger partial charge in [0.05, 0.1) is 12.7 Å². The fourth-order valence-corrected chi connectivity index (χ4v) is 3.17. The molecule has 0 saturated carbocycles. The number of aromatic carboxylic acids is 1. The van der Waals surface area contributed by atoms with E-state index in [0.29, 0.717) is 22.9 Å². The Morgan fingerprint density at radius 1 is 1.03 bits per heavy atom. The molecular formula is C22H18N4O3. The molecule has 0 spiro atoms. The summed E-state index contributed by atoms with van der Waals surface area (Å²) in [7, 11) is 3.37. The molecule has 2 aromatic heterocycles. The van der Waals surface area contributed by atoms with Crippen LogP contribution in [-0.4, -0.2) is 40.2 Å². The van der Waals surface area contributed by atoms with Crippen molar-refractivity contribution >= 4 is 22.7 Å². The van der Waals surface area contributed by atoms with Crippen LogP contribution in [0.2, 0.25) is 0 Å². The second kappa shape index (κ2) is 7.55. The molecule has 0 unspecified atom stereocenters. The number of nitrogens with zero attached hydrogens (tertiary/aromatic N) is 3. The van der Waals surface area contributed by atoms with Crippen molar-refractivity contribution in [3.05, 3.63) is 66.5 Å². The minimum Gasteiger partial charge on any atom is -0.494 e. The van der Waals surface area contributed by atoms with Crippen LogP contribution in [0.4, 0.5) is 5.82 Å². The molecule has 0 bridgehead atoms. The van der Waals surface area contributed by atoms with Gasteiger partial charge >= 0.3 is 5.97 Å². The molecule has 2 N–H and O–H groups in total. The summed E-state index contributed by atoms with van der Waals surface area (Å²) in [5.41, 5.74) is 3.25. The van der Waals surface area contributed by atoms with E-state index in [0.717, 1.165) is 22.1 Å². The van der Waals surface area contributed by atoms with E-state index in [-0.39, 0.29) is 5.56 Å². The Hall–Kier alpha value is -4.00. The molecule has 0 fully saturated rings. The lowest BCUT2D eigenvalue weighted by atomic mass is 10.0. The Morgan fingerprint density at radius 3 is 2.55 bits per heavy atom. The average molecular weight is 386 g/mol. The van der Waals surface area contributed by atoms with Crippen molar-refractivity contribution < 1.29 is 14.6 Å². The predicted molar refractivity (Wildman–Crippen MR) is 111 cm³/mol. The highest BCUT2D eigenvalue weighted by molar-refractivity contribution is 5.98. The van der Waals surface area contributed by atoms with Crippen molar-refractivity contribution in [2.24, 2.45) is 0 Å². The van der Waals surface area contributed by atoms with Crippen LogP contribution in [0.1, 0.15) is 10.4 Å². The first-order valence-electron chi connectivity index (χ1n) is 8.92. The number of nitrogens with one attached hydrogen (secondary N) is 1. The van der Waals surface area contributed by atoms with Crippen LogP contribution >= 0.6 is 0 Å². The van der Waals surface area contributed by atoms with Gasteiger partial charge in [0.2, 0.25) is 0 Å². The first-order valence-corrected chi connectivity index (χ1v) is 8.92. The van der Waals surface area contributed by atoms with E-state index in [1.54, 1.807) is 44.8 Å². The summed E-state index contributed by atoms with van der Waals surface area (Å²) in [4.78, 5) is 24.8. The molecule has 0 saturated heterocycles. The average Bonchev–Trinajstić information content (AvgIpc) is 2.78. The van der Waals surface area contributed by atoms with Crippen LogP contribution in [0.25, 0.3) is 33.4 Å². The number of hydrogen-bond acceptors (Lipinski definition) is 6. The quantitative estimate of drug-likeness (QED) is 0.533. The first kappa shape index (κ1) is 18.4. The fourth-order valence-electron chi connectivity index (χ4n) is 3.17. The van der Waals surface area contributed by atoms with E-state index in [9.17, 15) is 9.90 Å². The number of aromatic nitrogens is 3. The maximum absolute atomic E-state index is 11.3. The Balaban J connectivity index is 1.95. The lowest BCUT2D eigenvalue weighted by molar-refractivity contribution is 0.0697. The van der Waals surface area contributed by atoms with Crippen LogP contribution < -0.4 is 10.1 Å². The van der Waals surface area contributed by atoms with Gasteiger partial charge in [-0.15, -0.1) is 0 Å². The van der Waals surface area contributed by atoms with Gasteiger partial charge in [-0.05, 0) is 47.5 Å². The zero-order valence-electron chi connectivity index (χ0n) is 15.9. The monoisotopic (exact) mass is 386 g/mol. The maximum Gasteiger partial charge on any atom is 0.335 e. The van der Waals surface area contributed by atoms with E-state index in [1.165, 1.54) is 0 Å². The Kier molecular flexibility index (Phi) is 4.78. The topological polar surface area (TPSA) is 97.2 Å². The number of benzene rings is 2. The summed E-state index contributed by atoms with van der Waals surface area (Å²) in [6, 6.07) is 14.3. The molecule has 7 heteroatoms. The number of carbonyl (C=O) groups is 1. The van der Waals surface area contributed by atoms with Crippen molar-refractivity contribution in [3.63, 3.8) is 0 Å². The van der Waals surface area contributed by atoms with Crippen LogP contribution in [0.5, 0.6) is 5.75 Å². The predicted octanol–water partition coefficient (Wildman–Crippen LogP) is 4.11. The zero-order chi connectivity index (χ0) is 20.4. The number of carboxylic acids is 1. The molecular weight excluding hydrogens is 368 g/mol. The third-order valence-electron chi connectivity index (χ3n) is 4.58. The molecule has 0 aliphatic heterocycles. The summed E-state index contributed by atoms with van der Waals surface area (Å²) in [5.74, 6) is 0.777. The molecule has 7 nitrogen and oxygen atoms in total. The highest BCUT2D eigenvalue weighted by Crippen LogP contribution is 2.35. The van der Waals surface area contributed by atoms with Gasteiger partial charge in [0.25, 0.3) is 0 Å². The number of methoxy groups -OCH3 is 1. The molecule has 2 aromatic carbocycles. The van der Waals surface area contributed by atoms with Gasteiger partial charge in [-0.25, -0.2) is 14.8 Å². The summed E-state index contributed by atoms with van der Waals surface area (Å²) in [5, 5.41) is 13.2. The lowest BCUT2D eigenvalue weighted by Crippen LogP contribution is -2.01. The molecule has 144 valence electrons. The van der Waals surface area contributed by atoms with Gasteiger partial charge in [-0.1, -0.05) is 12.1 Å². The number of fused-ring (bicyclic) bond motifs is 1. The van der Waals surface area contributed by atoms with Gasteiger partial charge in [0, 0.05) is 30.4 Å². The number of pyridine rings is 1. The third kappa shape index (κ3) is 3.45. The summed E-state index contributed by atoms with van der Waals surface area (Å²) >= 11 is 0. The Morgan fingerprint density at radius 2 is 1.86 bits per heavy atom. The van der Waals surface area contributed by atoms with Crippen molar-refractivity contribution in [2.75, 3.05) is 19.5 Å². The minimum absolute atomic E-state index is 0.221. The van der Waals surface area contributed by atoms with E-state index >= 15 is 0 Å². The Bertz CT molecular complexity index is 1210. The highest BCUT2D eigenvalue weighted by Gasteiger charge is 2.15. The Labute approximate surface area is 167 Å². The second-order valence-corrected chi connectivity index (χ2v) is 6.35. The van der Waals surface area contributed by atoms with E-state index < -0.39 is 5.97 Å². The fraction of sp³-hybridized carbons (Fsp3) is 0.0909. The standard InChI is InChI=1S/C22H18N4O3/c1-23-21-17-10-16(13-5-3-6-14(9-13)22(27)28)11-18(29-2)19(17)25-20(26-21)15-7-4-8-24-12-15/h3-12H,1-2H3,(H,27,28)(H,23,25,26). The van der Waals surface area contributed by atoms with Gasteiger partial charge in [0.1, 0.15) is 17.1 Å². The largest absolute Gasteiger partial charge is 0.494 e. The summed E-state index contributed by atoms with van der Waals surface area (Å²) < 4.78 is 5.61. The molecule has 0 radical (unpaired) electrons. The summed E-state index contributed by atoms with van der Waals surface area (Å²) in [6.07, 6.45) is 3.40. The van der Waals surface area contributed by atoms with Gasteiger partial charge in [-0.3, -0.25) is 4.98 Å². The van der Waals surface area contributed by atoms with Crippen LogP contribution in [-0.2, 0) is 0 Å². The minimum atomic E-state index is -0.972. The molecule has 4 rings (SSSR count). The number of rotatable bonds is 5. The van der Waals surface area contributed by atoms with Gasteiger partial charge in [-0.2, -0.15) is 0 Å². The maximum atomic E-state index is 11.3. The number of hydrogen-bond donors (Lipinski definition) is 2. The van der Waals surface area contributed by atoms with Gasteiger partial charge in [0.15, 0.2) is 5.82 Å². The van der Waals surface area contributed by atoms with E-state index in [2.05, 4.69) is 15.3 Å². The molecule has 4 aromatic rings. The van der Waals surface area contributed by atoms with Crippen molar-refractivity contribution in [3.8, 4) is 28.3 Å². The SMILES string of the molecule is CNc1nc(-c2cccnc2)nc2c(OC)cc(-c3cccc(C(=O)O)c3)cc12. The number of anilines is 1. The molecule has 29 heavy (non-hydrogen) atoms. The molecule has 0 aliphatic carbocycles. The third-order valence-corrected chi connectivity index (χ3v) is 4.58. The van der Waals surface area contributed by atoms with Crippen LogP contribution in [0.3, 0.4) is 0 Å². The van der Waals surface area contributed by atoms with Crippen LogP contribution in [0, 0.1) is 0 Å². The van der Waals surface area contributed by atoms with Crippen molar-refractivity contribution in [2.45, 2.75) is 0 Å². The first-order chi connectivity index (χ1) is 14.1. The molecule has 0 amide bonds. The van der Waals surface area contributed by atoms with Crippen molar-refractivity contribution in [1.29, 1.82) is 0 Å². The normalized spacial score (nSPS) is 10.7. The van der Waals surface area contributed by atoms with Crippen LogP contribution in [0.15, 0.2) is 60.9 Å². The van der Waals surface area contributed by atoms with Gasteiger partial charge < -0.3 is 15.2 Å². The summed E-state index contributed by atoms with van der Waals surface area (Å²) in [6.45, 7) is 0.